The minimum atomic E-state index is -2.76. The second kappa shape index (κ2) is 3.53. The third-order valence-corrected chi connectivity index (χ3v) is 2.23. The van der Waals surface area contributed by atoms with Crippen LogP contribution in [0.1, 0.15) is 12.0 Å². The fourth-order valence-corrected chi connectivity index (χ4v) is 1.47. The average molecular weight is 258 g/mol. The van der Waals surface area contributed by atoms with Gasteiger partial charge in [-0.05, 0) is 15.9 Å². The molecule has 0 saturated carbocycles. The Labute approximate surface area is 80.3 Å². The molecule has 0 atom stereocenters. The van der Waals surface area contributed by atoms with E-state index in [0.717, 1.165) is 6.20 Å². The Morgan fingerprint density at radius 3 is 2.58 bits per heavy atom. The van der Waals surface area contributed by atoms with Crippen molar-refractivity contribution >= 4 is 27.5 Å². The summed E-state index contributed by atoms with van der Waals surface area (Å²) >= 11 is 8.19. The van der Waals surface area contributed by atoms with Crippen molar-refractivity contribution in [1.29, 1.82) is 0 Å². The molecule has 1 rings (SSSR count). The Balaban J connectivity index is 3.33. The van der Waals surface area contributed by atoms with Crippen LogP contribution in [0.3, 0.4) is 0 Å². The number of halogens is 4. The lowest BCUT2D eigenvalue weighted by atomic mass is 10.3. The average Bonchev–Trinajstić information content (AvgIpc) is 1.97. The second-order valence-electron chi connectivity index (χ2n) is 1.96. The van der Waals surface area contributed by atoms with Crippen LogP contribution in [0.5, 0.6) is 5.75 Å². The van der Waals surface area contributed by atoms with Gasteiger partial charge in [0.1, 0.15) is 4.60 Å². The lowest BCUT2D eigenvalue weighted by molar-refractivity contribution is 0.149. The molecule has 0 radical (unpaired) electrons. The molecule has 1 aromatic heterocycles. The van der Waals surface area contributed by atoms with Crippen molar-refractivity contribution in [3.05, 3.63) is 21.4 Å². The van der Waals surface area contributed by atoms with E-state index in [1.165, 1.54) is 0 Å². The second-order valence-corrected chi connectivity index (χ2v) is 3.09. The van der Waals surface area contributed by atoms with Crippen molar-refractivity contribution in [2.24, 2.45) is 0 Å². The minimum absolute atomic E-state index is 0.0553. The third-order valence-electron chi connectivity index (χ3n) is 1.20. The van der Waals surface area contributed by atoms with Gasteiger partial charge in [0.15, 0.2) is 5.75 Å². The highest BCUT2D eigenvalue weighted by Crippen LogP contribution is 2.36. The molecule has 1 heterocycles. The summed E-state index contributed by atoms with van der Waals surface area (Å²) in [5, 5.41) is 8.56. The van der Waals surface area contributed by atoms with Crippen molar-refractivity contribution in [2.75, 3.05) is 0 Å². The van der Waals surface area contributed by atoms with Crippen molar-refractivity contribution in [3.63, 3.8) is 0 Å². The van der Waals surface area contributed by atoms with Crippen LogP contribution in [0.2, 0.25) is 5.02 Å². The Bertz CT molecular complexity index is 308. The number of aromatic hydroxyl groups is 1. The van der Waals surface area contributed by atoms with Gasteiger partial charge in [-0.3, -0.25) is 0 Å². The fourth-order valence-electron chi connectivity index (χ4n) is 0.658. The number of alkyl halides is 2. The summed E-state index contributed by atoms with van der Waals surface area (Å²) in [5.74, 6) is -0.449. The van der Waals surface area contributed by atoms with Crippen LogP contribution < -0.4 is 0 Å². The maximum Gasteiger partial charge on any atom is 0.268 e. The first kappa shape index (κ1) is 9.67. The molecule has 0 aliphatic heterocycles. The van der Waals surface area contributed by atoms with Crippen LogP contribution in [-0.4, -0.2) is 10.1 Å². The molecule has 0 amide bonds. The molecule has 0 spiro atoms. The Hall–Kier alpha value is -0.420. The molecule has 6 heteroatoms. The van der Waals surface area contributed by atoms with Crippen LogP contribution in [0.15, 0.2) is 10.8 Å². The summed E-state index contributed by atoms with van der Waals surface area (Å²) in [6.07, 6.45) is -1.76. The van der Waals surface area contributed by atoms with E-state index in [1.54, 1.807) is 0 Å². The molecule has 2 nitrogen and oxygen atoms in total. The first-order chi connectivity index (χ1) is 5.54. The zero-order valence-corrected chi connectivity index (χ0v) is 7.90. The summed E-state index contributed by atoms with van der Waals surface area (Å²) in [5.41, 5.74) is -0.489. The first-order valence-electron chi connectivity index (χ1n) is 2.85. The van der Waals surface area contributed by atoms with Gasteiger partial charge in [0.05, 0.1) is 16.8 Å². The third kappa shape index (κ3) is 1.67. The fraction of sp³-hybridized carbons (Fsp3) is 0.167. The van der Waals surface area contributed by atoms with Crippen molar-refractivity contribution in [1.82, 2.24) is 4.98 Å². The Kier molecular flexibility index (Phi) is 2.85. The van der Waals surface area contributed by atoms with Crippen LogP contribution in [0.25, 0.3) is 0 Å². The zero-order chi connectivity index (χ0) is 9.30. The molecule has 0 unspecified atom stereocenters. The molecule has 0 saturated heterocycles. The monoisotopic (exact) mass is 257 g/mol. The number of hydrogen-bond acceptors (Lipinski definition) is 2. The molecule has 66 valence electrons. The number of rotatable bonds is 1. The lowest BCUT2D eigenvalue weighted by Crippen LogP contribution is -1.91. The lowest BCUT2D eigenvalue weighted by Gasteiger charge is -2.05. The normalized spacial score (nSPS) is 10.8. The smallest absolute Gasteiger partial charge is 0.268 e. The Morgan fingerprint density at radius 1 is 1.58 bits per heavy atom. The highest BCUT2D eigenvalue weighted by Gasteiger charge is 2.19. The highest BCUT2D eigenvalue weighted by molar-refractivity contribution is 9.10. The number of pyridine rings is 1. The van der Waals surface area contributed by atoms with Crippen LogP contribution in [0, 0.1) is 0 Å². The minimum Gasteiger partial charge on any atom is -0.505 e. The van der Waals surface area contributed by atoms with Gasteiger partial charge in [-0.2, -0.15) is 0 Å². The standard InChI is InChI=1S/C6H3BrClF2NO/c7-5-3(6(9)10)4(8)2(12)1-11-5/h1,6,12H. The zero-order valence-electron chi connectivity index (χ0n) is 5.56. The largest absolute Gasteiger partial charge is 0.505 e. The molecule has 0 bridgehead atoms. The van der Waals surface area contributed by atoms with Crippen LogP contribution in [-0.2, 0) is 0 Å². The van der Waals surface area contributed by atoms with Gasteiger partial charge >= 0.3 is 0 Å². The predicted octanol–water partition coefficient (Wildman–Crippen LogP) is 3.14. The molecule has 12 heavy (non-hydrogen) atoms. The van der Waals surface area contributed by atoms with Crippen molar-refractivity contribution in [3.8, 4) is 5.75 Å². The molecule has 0 aromatic carbocycles. The van der Waals surface area contributed by atoms with Gasteiger partial charge in [-0.15, -0.1) is 0 Å². The van der Waals surface area contributed by atoms with E-state index in [-0.39, 0.29) is 9.63 Å². The van der Waals surface area contributed by atoms with Gasteiger partial charge in [0, 0.05) is 0 Å². The molecular formula is C6H3BrClF2NO. The summed E-state index contributed by atoms with van der Waals surface area (Å²) in [6, 6.07) is 0. The topological polar surface area (TPSA) is 33.1 Å². The maximum atomic E-state index is 12.2. The molecule has 1 N–H and O–H groups in total. The van der Waals surface area contributed by atoms with Crippen molar-refractivity contribution < 1.29 is 13.9 Å². The summed E-state index contributed by atoms with van der Waals surface area (Å²) in [7, 11) is 0. The predicted molar refractivity (Wildman–Crippen MR) is 43.6 cm³/mol. The quantitative estimate of drug-likeness (QED) is 0.785. The van der Waals surface area contributed by atoms with E-state index in [2.05, 4.69) is 20.9 Å². The van der Waals surface area contributed by atoms with E-state index >= 15 is 0 Å². The summed E-state index contributed by atoms with van der Waals surface area (Å²) in [4.78, 5) is 3.46. The first-order valence-corrected chi connectivity index (χ1v) is 4.02. The van der Waals surface area contributed by atoms with Gasteiger partial charge in [-0.1, -0.05) is 11.6 Å². The van der Waals surface area contributed by atoms with E-state index < -0.39 is 17.7 Å². The molecule has 0 aliphatic rings. The number of nitrogens with zero attached hydrogens (tertiary/aromatic N) is 1. The van der Waals surface area contributed by atoms with E-state index in [9.17, 15) is 8.78 Å². The van der Waals surface area contributed by atoms with Crippen LogP contribution in [0.4, 0.5) is 8.78 Å². The molecular weight excluding hydrogens is 255 g/mol. The molecule has 1 aromatic rings. The van der Waals surface area contributed by atoms with E-state index in [0.29, 0.717) is 0 Å². The van der Waals surface area contributed by atoms with Gasteiger partial charge in [0.25, 0.3) is 6.43 Å². The maximum absolute atomic E-state index is 12.2. The Morgan fingerprint density at radius 2 is 2.17 bits per heavy atom. The van der Waals surface area contributed by atoms with Gasteiger partial charge in [-0.25, -0.2) is 13.8 Å². The van der Waals surface area contributed by atoms with Gasteiger partial charge in [0.2, 0.25) is 0 Å². The number of aromatic nitrogens is 1. The van der Waals surface area contributed by atoms with E-state index in [1.807, 2.05) is 0 Å². The van der Waals surface area contributed by atoms with Gasteiger partial charge < -0.3 is 5.11 Å². The molecule has 0 aliphatic carbocycles. The van der Waals surface area contributed by atoms with E-state index in [4.69, 9.17) is 16.7 Å². The summed E-state index contributed by atoms with van der Waals surface area (Å²) in [6.45, 7) is 0. The van der Waals surface area contributed by atoms with Crippen molar-refractivity contribution in [2.45, 2.75) is 6.43 Å². The SMILES string of the molecule is Oc1cnc(Br)c(C(F)F)c1Cl. The summed E-state index contributed by atoms with van der Waals surface area (Å²) < 4.78 is 24.4. The molecule has 0 fully saturated rings. The number of hydrogen-bond donors (Lipinski definition) is 1. The highest BCUT2D eigenvalue weighted by atomic mass is 79.9. The van der Waals surface area contributed by atoms with Crippen LogP contribution >= 0.6 is 27.5 Å².